The Kier molecular flexibility index (Phi) is 6.09. The summed E-state index contributed by atoms with van der Waals surface area (Å²) >= 11 is 0. The van der Waals surface area contributed by atoms with Gasteiger partial charge in [-0.1, -0.05) is 17.3 Å². The normalized spacial score (nSPS) is 12.3. The number of rotatable bonds is 5. The SMILES string of the molecule is C[C@H](c1cccc(F)c1)N(C(=O)O)c1c(-c2ccc(NC(=O)C(F)(F)F)cn2)nnn1C. The second-order valence-electron chi connectivity index (χ2n) is 6.65. The minimum atomic E-state index is -5.06. The summed E-state index contributed by atoms with van der Waals surface area (Å²) in [5.41, 5.74) is 0.269. The zero-order valence-corrected chi connectivity index (χ0v) is 16.6. The molecule has 13 heteroatoms. The Hall–Kier alpha value is -4.03. The van der Waals surface area contributed by atoms with Crippen molar-refractivity contribution >= 4 is 23.5 Å². The van der Waals surface area contributed by atoms with E-state index in [1.54, 1.807) is 18.3 Å². The molecule has 0 unspecified atom stereocenters. The predicted octanol–water partition coefficient (Wildman–Crippen LogP) is 3.76. The van der Waals surface area contributed by atoms with Gasteiger partial charge in [-0.05, 0) is 36.8 Å². The van der Waals surface area contributed by atoms with Crippen molar-refractivity contribution < 1.29 is 32.3 Å². The maximum absolute atomic E-state index is 13.7. The second-order valence-corrected chi connectivity index (χ2v) is 6.65. The lowest BCUT2D eigenvalue weighted by molar-refractivity contribution is -0.167. The van der Waals surface area contributed by atoms with Crippen molar-refractivity contribution in [3.05, 3.63) is 54.0 Å². The van der Waals surface area contributed by atoms with Crippen LogP contribution in [-0.4, -0.2) is 43.3 Å². The number of amides is 2. The van der Waals surface area contributed by atoms with Gasteiger partial charge in [-0.2, -0.15) is 13.2 Å². The van der Waals surface area contributed by atoms with Gasteiger partial charge in [0.1, 0.15) is 5.82 Å². The Morgan fingerprint density at radius 1 is 1.22 bits per heavy atom. The number of hydrogen-bond donors (Lipinski definition) is 2. The van der Waals surface area contributed by atoms with Gasteiger partial charge in [0, 0.05) is 7.05 Å². The number of benzene rings is 1. The van der Waals surface area contributed by atoms with Crippen molar-refractivity contribution in [1.82, 2.24) is 20.0 Å². The molecule has 3 rings (SSSR count). The Morgan fingerprint density at radius 3 is 2.50 bits per heavy atom. The van der Waals surface area contributed by atoms with Crippen LogP contribution in [0, 0.1) is 5.82 Å². The lowest BCUT2D eigenvalue weighted by Gasteiger charge is -2.27. The summed E-state index contributed by atoms with van der Waals surface area (Å²) in [5.74, 6) is -2.69. The third-order valence-corrected chi connectivity index (χ3v) is 4.47. The molecule has 0 spiro atoms. The molecule has 0 radical (unpaired) electrons. The third kappa shape index (κ3) is 4.66. The first-order valence-corrected chi connectivity index (χ1v) is 9.01. The lowest BCUT2D eigenvalue weighted by atomic mass is 10.1. The molecule has 0 bridgehead atoms. The van der Waals surface area contributed by atoms with Gasteiger partial charge in [0.05, 0.1) is 23.6 Å². The Bertz CT molecular complexity index is 1150. The smallest absolute Gasteiger partial charge is 0.465 e. The number of nitrogens with one attached hydrogen (secondary N) is 1. The number of hydrogen-bond acceptors (Lipinski definition) is 5. The highest BCUT2D eigenvalue weighted by molar-refractivity contribution is 5.95. The van der Waals surface area contributed by atoms with E-state index in [4.69, 9.17) is 0 Å². The van der Waals surface area contributed by atoms with Gasteiger partial charge in [0.2, 0.25) is 0 Å². The quantitative estimate of drug-likeness (QED) is 0.570. The second kappa shape index (κ2) is 8.61. The average Bonchev–Trinajstić information content (AvgIpc) is 3.09. The standard InChI is InChI=1S/C19H16F4N6O3/c1-10(11-4-3-5-12(20)8-11)29(18(31)32)16-15(26-27-28(16)2)14-7-6-13(9-24-14)25-17(30)19(21,22)23/h3-10H,1-2H3,(H,25,30)(H,31,32)/t10-/m1/s1. The first kappa shape index (κ1) is 22.7. The van der Waals surface area contributed by atoms with Gasteiger partial charge >= 0.3 is 18.2 Å². The fourth-order valence-corrected chi connectivity index (χ4v) is 2.95. The van der Waals surface area contributed by atoms with Crippen LogP contribution < -0.4 is 10.2 Å². The summed E-state index contributed by atoms with van der Waals surface area (Å²) in [6.07, 6.45) is -5.47. The van der Waals surface area contributed by atoms with Gasteiger partial charge in [0.25, 0.3) is 0 Å². The van der Waals surface area contributed by atoms with E-state index in [1.807, 2.05) is 0 Å². The van der Waals surface area contributed by atoms with Gasteiger partial charge in [0.15, 0.2) is 11.5 Å². The summed E-state index contributed by atoms with van der Waals surface area (Å²) < 4.78 is 52.0. The Balaban J connectivity index is 1.97. The molecule has 0 aliphatic rings. The van der Waals surface area contributed by atoms with Gasteiger partial charge < -0.3 is 10.4 Å². The van der Waals surface area contributed by atoms with Crippen LogP contribution in [0.5, 0.6) is 0 Å². The van der Waals surface area contributed by atoms with Crippen molar-refractivity contribution in [2.24, 2.45) is 7.05 Å². The molecular formula is C19H16F4N6O3. The number of aromatic nitrogens is 4. The molecule has 32 heavy (non-hydrogen) atoms. The molecule has 0 fully saturated rings. The predicted molar refractivity (Wildman–Crippen MR) is 104 cm³/mol. The maximum Gasteiger partial charge on any atom is 0.471 e. The molecule has 2 aromatic heterocycles. The molecule has 0 saturated carbocycles. The van der Waals surface area contributed by atoms with Crippen molar-refractivity contribution in [3.63, 3.8) is 0 Å². The molecule has 168 valence electrons. The summed E-state index contributed by atoms with van der Waals surface area (Å²) in [4.78, 5) is 28.0. The number of aryl methyl sites for hydroxylation is 1. The van der Waals surface area contributed by atoms with E-state index in [0.717, 1.165) is 17.2 Å². The molecular weight excluding hydrogens is 436 g/mol. The molecule has 0 aliphatic heterocycles. The lowest BCUT2D eigenvalue weighted by Crippen LogP contribution is -2.34. The highest BCUT2D eigenvalue weighted by Crippen LogP contribution is 2.33. The Labute approximate surface area is 178 Å². The molecule has 3 aromatic rings. The van der Waals surface area contributed by atoms with Crippen LogP contribution in [-0.2, 0) is 11.8 Å². The van der Waals surface area contributed by atoms with Crippen molar-refractivity contribution in [2.75, 3.05) is 10.2 Å². The molecule has 1 atom stereocenters. The number of carbonyl (C=O) groups is 2. The van der Waals surface area contributed by atoms with E-state index < -0.39 is 30.0 Å². The van der Waals surface area contributed by atoms with Crippen molar-refractivity contribution in [1.29, 1.82) is 0 Å². The monoisotopic (exact) mass is 452 g/mol. The topological polar surface area (TPSA) is 113 Å². The molecule has 2 amide bonds. The largest absolute Gasteiger partial charge is 0.471 e. The van der Waals surface area contributed by atoms with Crippen LogP contribution in [0.15, 0.2) is 42.6 Å². The molecule has 0 aliphatic carbocycles. The van der Waals surface area contributed by atoms with Gasteiger partial charge in [-0.15, -0.1) is 5.10 Å². The fraction of sp³-hybridized carbons (Fsp3) is 0.211. The summed E-state index contributed by atoms with van der Waals surface area (Å²) in [5, 5.41) is 19.2. The van der Waals surface area contributed by atoms with Crippen LogP contribution in [0.2, 0.25) is 0 Å². The van der Waals surface area contributed by atoms with E-state index in [0.29, 0.717) is 5.56 Å². The average molecular weight is 452 g/mol. The first-order valence-electron chi connectivity index (χ1n) is 9.01. The summed E-state index contributed by atoms with van der Waals surface area (Å²) in [6.45, 7) is 1.54. The van der Waals surface area contributed by atoms with Crippen LogP contribution in [0.4, 0.5) is 33.9 Å². The van der Waals surface area contributed by atoms with E-state index in [1.165, 1.54) is 36.0 Å². The molecule has 9 nitrogen and oxygen atoms in total. The molecule has 2 heterocycles. The highest BCUT2D eigenvalue weighted by atomic mass is 19.4. The van der Waals surface area contributed by atoms with Crippen LogP contribution in [0.25, 0.3) is 11.4 Å². The first-order chi connectivity index (χ1) is 15.0. The highest BCUT2D eigenvalue weighted by Gasteiger charge is 2.38. The van der Waals surface area contributed by atoms with Gasteiger partial charge in [-0.3, -0.25) is 14.7 Å². The number of anilines is 2. The summed E-state index contributed by atoms with van der Waals surface area (Å²) in [7, 11) is 1.44. The molecule has 0 saturated heterocycles. The van der Waals surface area contributed by atoms with Crippen LogP contribution in [0.1, 0.15) is 18.5 Å². The van der Waals surface area contributed by atoms with E-state index in [-0.39, 0.29) is 22.9 Å². The van der Waals surface area contributed by atoms with Crippen molar-refractivity contribution in [2.45, 2.75) is 19.1 Å². The van der Waals surface area contributed by atoms with E-state index in [9.17, 15) is 32.3 Å². The molecule has 2 N–H and O–H groups in total. The number of pyridine rings is 1. The minimum absolute atomic E-state index is 0.00818. The number of carbonyl (C=O) groups excluding carboxylic acids is 1. The van der Waals surface area contributed by atoms with Crippen molar-refractivity contribution in [3.8, 4) is 11.4 Å². The Morgan fingerprint density at radius 2 is 1.94 bits per heavy atom. The van der Waals surface area contributed by atoms with Crippen LogP contribution >= 0.6 is 0 Å². The fourth-order valence-electron chi connectivity index (χ4n) is 2.95. The molecule has 1 aromatic carbocycles. The zero-order valence-electron chi connectivity index (χ0n) is 16.6. The number of halogens is 4. The van der Waals surface area contributed by atoms with Crippen LogP contribution in [0.3, 0.4) is 0 Å². The number of carboxylic acid groups (broad SMARTS) is 1. The third-order valence-electron chi connectivity index (χ3n) is 4.47. The number of alkyl halides is 3. The number of nitrogens with zero attached hydrogens (tertiary/aromatic N) is 5. The summed E-state index contributed by atoms with van der Waals surface area (Å²) in [6, 6.07) is 6.99. The van der Waals surface area contributed by atoms with E-state index in [2.05, 4.69) is 15.3 Å². The zero-order chi connectivity index (χ0) is 23.6. The van der Waals surface area contributed by atoms with E-state index >= 15 is 0 Å². The van der Waals surface area contributed by atoms with Gasteiger partial charge in [-0.25, -0.2) is 13.9 Å². The minimum Gasteiger partial charge on any atom is -0.465 e. The maximum atomic E-state index is 13.7.